The summed E-state index contributed by atoms with van der Waals surface area (Å²) in [6.07, 6.45) is 9.00. The van der Waals surface area contributed by atoms with E-state index in [2.05, 4.69) is 25.4 Å². The lowest BCUT2D eigenvalue weighted by Crippen LogP contribution is -2.24. The third-order valence-electron chi connectivity index (χ3n) is 5.50. The van der Waals surface area contributed by atoms with E-state index in [0.29, 0.717) is 31.0 Å². The fourth-order valence-corrected chi connectivity index (χ4v) is 3.87. The number of carbonyl (C=O) groups is 1. The van der Waals surface area contributed by atoms with Crippen LogP contribution in [0.1, 0.15) is 54.6 Å². The molecule has 152 valence electrons. The van der Waals surface area contributed by atoms with E-state index in [9.17, 15) is 4.79 Å². The van der Waals surface area contributed by atoms with Crippen LogP contribution in [-0.2, 0) is 17.8 Å². The molecule has 0 bridgehead atoms. The molecule has 0 aromatic carbocycles. The first-order chi connectivity index (χ1) is 14.1. The quantitative estimate of drug-likeness (QED) is 0.662. The van der Waals surface area contributed by atoms with Crippen molar-refractivity contribution in [1.29, 1.82) is 0 Å². The van der Waals surface area contributed by atoms with Gasteiger partial charge < -0.3 is 10.1 Å². The van der Waals surface area contributed by atoms with Crippen LogP contribution in [0, 0.1) is 13.8 Å². The van der Waals surface area contributed by atoms with Gasteiger partial charge in [0.25, 0.3) is 5.78 Å². The van der Waals surface area contributed by atoms with Gasteiger partial charge in [0.2, 0.25) is 11.8 Å². The molecule has 1 N–H and O–H groups in total. The lowest BCUT2D eigenvalue weighted by Gasteiger charge is -2.15. The normalized spacial score (nSPS) is 14.4. The number of aromatic nitrogens is 5. The van der Waals surface area contributed by atoms with Crippen molar-refractivity contribution in [1.82, 2.24) is 29.9 Å². The van der Waals surface area contributed by atoms with Gasteiger partial charge in [0.15, 0.2) is 0 Å². The molecular weight excluding hydrogens is 368 g/mol. The fourth-order valence-electron chi connectivity index (χ4n) is 3.87. The predicted octanol–water partition coefficient (Wildman–Crippen LogP) is 2.71. The van der Waals surface area contributed by atoms with Gasteiger partial charge in [-0.1, -0.05) is 6.07 Å². The van der Waals surface area contributed by atoms with E-state index in [1.807, 2.05) is 26.0 Å². The van der Waals surface area contributed by atoms with Crippen molar-refractivity contribution in [2.75, 3.05) is 0 Å². The molecule has 29 heavy (non-hydrogen) atoms. The van der Waals surface area contributed by atoms with Gasteiger partial charge in [-0.3, -0.25) is 4.79 Å². The highest BCUT2D eigenvalue weighted by molar-refractivity contribution is 5.76. The molecule has 3 heterocycles. The molecule has 1 amide bonds. The Morgan fingerprint density at radius 3 is 2.93 bits per heavy atom. The minimum absolute atomic E-state index is 0.0156. The Hall–Kier alpha value is -3.03. The summed E-state index contributed by atoms with van der Waals surface area (Å²) in [5, 5.41) is 7.19. The van der Waals surface area contributed by atoms with Crippen molar-refractivity contribution < 1.29 is 9.53 Å². The van der Waals surface area contributed by atoms with Crippen molar-refractivity contribution in [3.05, 3.63) is 47.2 Å². The minimum atomic E-state index is -0.0156. The molecule has 0 aliphatic heterocycles. The highest BCUT2D eigenvalue weighted by atomic mass is 16.5. The number of hydrogen-bond acceptors (Lipinski definition) is 6. The van der Waals surface area contributed by atoms with Gasteiger partial charge in [-0.25, -0.2) is 14.5 Å². The maximum Gasteiger partial charge on any atom is 0.252 e. The third kappa shape index (κ3) is 4.36. The third-order valence-corrected chi connectivity index (χ3v) is 5.50. The number of aryl methyl sites for hydroxylation is 2. The highest BCUT2D eigenvalue weighted by Gasteiger charge is 2.19. The Kier molecular flexibility index (Phi) is 5.69. The molecule has 3 aromatic heterocycles. The van der Waals surface area contributed by atoms with Gasteiger partial charge in [-0.05, 0) is 57.6 Å². The molecular formula is C21H26N6O2. The molecule has 1 aliphatic rings. The van der Waals surface area contributed by atoms with E-state index in [4.69, 9.17) is 4.74 Å². The molecule has 1 aliphatic carbocycles. The first kappa shape index (κ1) is 19.3. The second-order valence-electron chi connectivity index (χ2n) is 7.50. The fraction of sp³-hybridized carbons (Fsp3) is 0.476. The van der Waals surface area contributed by atoms with E-state index in [1.54, 1.807) is 10.7 Å². The predicted molar refractivity (Wildman–Crippen MR) is 108 cm³/mol. The van der Waals surface area contributed by atoms with Crippen LogP contribution in [0.5, 0.6) is 5.88 Å². The summed E-state index contributed by atoms with van der Waals surface area (Å²) in [5.74, 6) is 1.20. The maximum atomic E-state index is 12.5. The highest BCUT2D eigenvalue weighted by Crippen LogP contribution is 2.25. The first-order valence-corrected chi connectivity index (χ1v) is 10.1. The van der Waals surface area contributed by atoms with Crippen molar-refractivity contribution in [2.24, 2.45) is 0 Å². The van der Waals surface area contributed by atoms with E-state index in [1.165, 1.54) is 19.2 Å². The van der Waals surface area contributed by atoms with Gasteiger partial charge in [0.05, 0.1) is 0 Å². The monoisotopic (exact) mass is 394 g/mol. The molecule has 8 heteroatoms. The molecule has 0 spiro atoms. The lowest BCUT2D eigenvalue weighted by atomic mass is 10.1. The Labute approximate surface area is 169 Å². The average Bonchev–Trinajstić information content (AvgIpc) is 3.39. The van der Waals surface area contributed by atoms with Crippen LogP contribution < -0.4 is 10.1 Å². The van der Waals surface area contributed by atoms with Gasteiger partial charge in [-0.2, -0.15) is 10.1 Å². The number of carbonyl (C=O) groups excluding carboxylic acids is 1. The first-order valence-electron chi connectivity index (χ1n) is 10.1. The summed E-state index contributed by atoms with van der Waals surface area (Å²) in [5.41, 5.74) is 3.79. The molecule has 3 aromatic rings. The number of nitrogens with zero attached hydrogens (tertiary/aromatic N) is 5. The summed E-state index contributed by atoms with van der Waals surface area (Å²) in [4.78, 5) is 25.4. The van der Waals surface area contributed by atoms with Crippen LogP contribution in [0.15, 0.2) is 24.7 Å². The van der Waals surface area contributed by atoms with Gasteiger partial charge in [-0.15, -0.1) is 0 Å². The zero-order chi connectivity index (χ0) is 20.2. The second-order valence-corrected chi connectivity index (χ2v) is 7.50. The SMILES string of the molecule is Cc1nc2ncnn2c(C)c1CCC(=O)NCc1cccnc1OC1CCCC1. The van der Waals surface area contributed by atoms with Crippen molar-refractivity contribution >= 4 is 11.7 Å². The zero-order valence-electron chi connectivity index (χ0n) is 16.9. The number of pyridine rings is 1. The Morgan fingerprint density at radius 1 is 1.28 bits per heavy atom. The molecule has 8 nitrogen and oxygen atoms in total. The number of rotatable bonds is 7. The smallest absolute Gasteiger partial charge is 0.252 e. The van der Waals surface area contributed by atoms with Gasteiger partial charge in [0.1, 0.15) is 12.4 Å². The second kappa shape index (κ2) is 8.55. The number of hydrogen-bond donors (Lipinski definition) is 1. The average molecular weight is 394 g/mol. The van der Waals surface area contributed by atoms with Gasteiger partial charge >= 0.3 is 0 Å². The van der Waals surface area contributed by atoms with Crippen LogP contribution in [0.4, 0.5) is 0 Å². The maximum absolute atomic E-state index is 12.5. The summed E-state index contributed by atoms with van der Waals surface area (Å²) >= 11 is 0. The van der Waals surface area contributed by atoms with Crippen molar-refractivity contribution in [3.63, 3.8) is 0 Å². The van der Waals surface area contributed by atoms with Crippen LogP contribution in [-0.4, -0.2) is 36.6 Å². The van der Waals surface area contributed by atoms with Crippen molar-refractivity contribution in [3.8, 4) is 5.88 Å². The summed E-state index contributed by atoms with van der Waals surface area (Å²) < 4.78 is 7.76. The number of amides is 1. The minimum Gasteiger partial charge on any atom is -0.474 e. The molecule has 0 atom stereocenters. The molecule has 0 saturated heterocycles. The molecule has 0 radical (unpaired) electrons. The summed E-state index contributed by atoms with van der Waals surface area (Å²) in [6, 6.07) is 3.82. The molecule has 4 rings (SSSR count). The van der Waals surface area contributed by atoms with Gasteiger partial charge in [0, 0.05) is 36.1 Å². The number of nitrogens with one attached hydrogen (secondary N) is 1. The summed E-state index contributed by atoms with van der Waals surface area (Å²) in [7, 11) is 0. The van der Waals surface area contributed by atoms with Crippen LogP contribution in [0.3, 0.4) is 0 Å². The largest absolute Gasteiger partial charge is 0.474 e. The van der Waals surface area contributed by atoms with Crippen molar-refractivity contribution in [2.45, 2.75) is 65.0 Å². The Morgan fingerprint density at radius 2 is 2.10 bits per heavy atom. The zero-order valence-corrected chi connectivity index (χ0v) is 16.9. The van der Waals surface area contributed by atoms with E-state index < -0.39 is 0 Å². The van der Waals surface area contributed by atoms with Crippen LogP contribution >= 0.6 is 0 Å². The number of ether oxygens (including phenoxy) is 1. The Bertz CT molecular complexity index is 1010. The number of fused-ring (bicyclic) bond motifs is 1. The van der Waals surface area contributed by atoms with E-state index >= 15 is 0 Å². The summed E-state index contributed by atoms with van der Waals surface area (Å²) in [6.45, 7) is 4.33. The topological polar surface area (TPSA) is 94.3 Å². The van der Waals surface area contributed by atoms with Crippen LogP contribution in [0.25, 0.3) is 5.78 Å². The van der Waals surface area contributed by atoms with E-state index in [-0.39, 0.29) is 12.0 Å². The standard InChI is InChI=1S/C21H26N6O2/c1-14-18(15(2)27-21(26-14)24-13-25-27)9-10-19(28)23-12-16-6-5-11-22-20(16)29-17-7-3-4-8-17/h5-6,11,13,17H,3-4,7-10,12H2,1-2H3,(H,23,28). The lowest BCUT2D eigenvalue weighted by molar-refractivity contribution is -0.121. The van der Waals surface area contributed by atoms with Crippen LogP contribution in [0.2, 0.25) is 0 Å². The molecule has 1 saturated carbocycles. The molecule has 1 fully saturated rings. The molecule has 0 unspecified atom stereocenters. The Balaban J connectivity index is 1.35. The van der Waals surface area contributed by atoms with E-state index in [0.717, 1.165) is 35.4 Å².